The Morgan fingerprint density at radius 3 is 2.93 bits per heavy atom. The average molecular weight is 193 g/mol. The molecule has 0 amide bonds. The van der Waals surface area contributed by atoms with Crippen LogP contribution in [0.2, 0.25) is 0 Å². The summed E-state index contributed by atoms with van der Waals surface area (Å²) in [6.45, 7) is 2.14. The van der Waals surface area contributed by atoms with Gasteiger partial charge in [-0.15, -0.1) is 0 Å². The van der Waals surface area contributed by atoms with Crippen molar-refractivity contribution >= 4 is 11.8 Å². The van der Waals surface area contributed by atoms with Gasteiger partial charge in [-0.25, -0.2) is 14.8 Å². The van der Waals surface area contributed by atoms with Crippen LogP contribution in [0.1, 0.15) is 23.8 Å². The van der Waals surface area contributed by atoms with E-state index in [9.17, 15) is 4.79 Å². The molecule has 2 unspecified atom stereocenters. The van der Waals surface area contributed by atoms with E-state index in [1.165, 1.54) is 12.4 Å². The van der Waals surface area contributed by atoms with E-state index in [0.29, 0.717) is 17.8 Å². The van der Waals surface area contributed by atoms with Crippen LogP contribution in [0.15, 0.2) is 12.4 Å². The molecule has 2 N–H and O–H groups in total. The van der Waals surface area contributed by atoms with Crippen molar-refractivity contribution in [2.75, 3.05) is 5.32 Å². The molecule has 1 aliphatic carbocycles. The Morgan fingerprint density at radius 2 is 2.36 bits per heavy atom. The third kappa shape index (κ3) is 1.81. The van der Waals surface area contributed by atoms with Crippen molar-refractivity contribution in [1.29, 1.82) is 0 Å². The summed E-state index contributed by atoms with van der Waals surface area (Å²) in [6, 6.07) is 1.89. The molecule has 1 fully saturated rings. The van der Waals surface area contributed by atoms with E-state index in [4.69, 9.17) is 5.11 Å². The van der Waals surface area contributed by atoms with Crippen molar-refractivity contribution in [3.8, 4) is 0 Å². The highest BCUT2D eigenvalue weighted by Crippen LogP contribution is 2.31. The summed E-state index contributed by atoms with van der Waals surface area (Å²) < 4.78 is 0. The van der Waals surface area contributed by atoms with E-state index >= 15 is 0 Å². The van der Waals surface area contributed by atoms with Crippen molar-refractivity contribution in [3.63, 3.8) is 0 Å². The molecule has 2 rings (SSSR count). The van der Waals surface area contributed by atoms with Gasteiger partial charge in [0.05, 0.1) is 0 Å². The van der Waals surface area contributed by atoms with Gasteiger partial charge in [-0.1, -0.05) is 6.92 Å². The summed E-state index contributed by atoms with van der Waals surface area (Å²) in [5.74, 6) is 0.212. The number of hydrogen-bond donors (Lipinski definition) is 2. The van der Waals surface area contributed by atoms with Crippen LogP contribution in [0.4, 0.5) is 5.82 Å². The zero-order chi connectivity index (χ0) is 10.1. The monoisotopic (exact) mass is 193 g/mol. The number of aromatic nitrogens is 2. The highest BCUT2D eigenvalue weighted by atomic mass is 16.4. The zero-order valence-corrected chi connectivity index (χ0v) is 7.77. The molecule has 0 saturated heterocycles. The first kappa shape index (κ1) is 8.93. The fraction of sp³-hybridized carbons (Fsp3) is 0.444. The number of aromatic carboxylic acids is 1. The van der Waals surface area contributed by atoms with Crippen molar-refractivity contribution in [3.05, 3.63) is 18.1 Å². The highest BCUT2D eigenvalue weighted by Gasteiger charge is 2.32. The summed E-state index contributed by atoms with van der Waals surface area (Å²) in [5, 5.41) is 11.8. The molecule has 1 aromatic rings. The second kappa shape index (κ2) is 3.25. The Bertz CT molecular complexity index is 367. The lowest BCUT2D eigenvalue weighted by Gasteiger charge is -2.03. The summed E-state index contributed by atoms with van der Waals surface area (Å²) in [6.07, 6.45) is 2.38. The molecule has 0 aromatic carbocycles. The number of hydrogen-bond acceptors (Lipinski definition) is 4. The Morgan fingerprint density at radius 1 is 1.64 bits per heavy atom. The van der Waals surface area contributed by atoms with Crippen molar-refractivity contribution < 1.29 is 9.90 Å². The average Bonchev–Trinajstić information content (AvgIpc) is 2.82. The number of nitrogens with zero attached hydrogens (tertiary/aromatic N) is 2. The predicted molar refractivity (Wildman–Crippen MR) is 50.2 cm³/mol. The van der Waals surface area contributed by atoms with E-state index in [1.807, 2.05) is 0 Å². The molecule has 1 aliphatic rings. The van der Waals surface area contributed by atoms with E-state index in [-0.39, 0.29) is 5.69 Å². The first-order valence-corrected chi connectivity index (χ1v) is 4.48. The quantitative estimate of drug-likeness (QED) is 0.748. The standard InChI is InChI=1S/C9H11N3O2/c1-5-2-6(5)12-8-3-7(9(13)14)10-4-11-8/h3-6H,2H2,1H3,(H,13,14)(H,10,11,12). The smallest absolute Gasteiger partial charge is 0.354 e. The van der Waals surface area contributed by atoms with Crippen LogP contribution in [0, 0.1) is 5.92 Å². The zero-order valence-electron chi connectivity index (χ0n) is 7.77. The third-order valence-electron chi connectivity index (χ3n) is 2.33. The second-order valence-corrected chi connectivity index (χ2v) is 3.56. The molecule has 14 heavy (non-hydrogen) atoms. The van der Waals surface area contributed by atoms with Gasteiger partial charge in [0.15, 0.2) is 5.69 Å². The van der Waals surface area contributed by atoms with Gasteiger partial charge in [-0.05, 0) is 12.3 Å². The van der Waals surface area contributed by atoms with Gasteiger partial charge in [0, 0.05) is 12.1 Å². The Balaban J connectivity index is 2.10. The van der Waals surface area contributed by atoms with Crippen molar-refractivity contribution in [2.24, 2.45) is 5.92 Å². The second-order valence-electron chi connectivity index (χ2n) is 3.56. The fourth-order valence-electron chi connectivity index (χ4n) is 1.27. The molecular formula is C9H11N3O2. The molecule has 1 aromatic heterocycles. The van der Waals surface area contributed by atoms with Gasteiger partial charge in [-0.3, -0.25) is 0 Å². The van der Waals surface area contributed by atoms with Crippen LogP contribution in [-0.4, -0.2) is 27.1 Å². The topological polar surface area (TPSA) is 75.1 Å². The molecule has 2 atom stereocenters. The van der Waals surface area contributed by atoms with Crippen LogP contribution in [0.5, 0.6) is 0 Å². The van der Waals surface area contributed by atoms with Crippen LogP contribution < -0.4 is 5.32 Å². The van der Waals surface area contributed by atoms with Gasteiger partial charge in [0.1, 0.15) is 12.1 Å². The first-order valence-electron chi connectivity index (χ1n) is 4.48. The van der Waals surface area contributed by atoms with E-state index in [1.54, 1.807) is 0 Å². The van der Waals surface area contributed by atoms with Gasteiger partial charge in [0.2, 0.25) is 0 Å². The van der Waals surface area contributed by atoms with Crippen molar-refractivity contribution in [1.82, 2.24) is 9.97 Å². The molecule has 5 heteroatoms. The molecule has 5 nitrogen and oxygen atoms in total. The SMILES string of the molecule is CC1CC1Nc1cc(C(=O)O)ncn1. The van der Waals surface area contributed by atoms with Crippen molar-refractivity contribution in [2.45, 2.75) is 19.4 Å². The summed E-state index contributed by atoms with van der Waals surface area (Å²) in [5.41, 5.74) is 0.0239. The molecule has 1 heterocycles. The van der Waals surface area contributed by atoms with Crippen LogP contribution in [0.25, 0.3) is 0 Å². The number of rotatable bonds is 3. The maximum absolute atomic E-state index is 10.6. The fourth-order valence-corrected chi connectivity index (χ4v) is 1.27. The number of carboxylic acid groups (broad SMARTS) is 1. The van der Waals surface area contributed by atoms with E-state index in [2.05, 4.69) is 22.2 Å². The largest absolute Gasteiger partial charge is 0.477 e. The maximum atomic E-state index is 10.6. The number of anilines is 1. The molecule has 0 aliphatic heterocycles. The Hall–Kier alpha value is -1.65. The molecule has 0 bridgehead atoms. The predicted octanol–water partition coefficient (Wildman–Crippen LogP) is 0.995. The van der Waals surface area contributed by atoms with Crippen LogP contribution in [-0.2, 0) is 0 Å². The first-order chi connectivity index (χ1) is 6.66. The summed E-state index contributed by atoms with van der Waals surface area (Å²) in [7, 11) is 0. The van der Waals surface area contributed by atoms with Crippen LogP contribution in [0.3, 0.4) is 0 Å². The molecule has 1 saturated carbocycles. The minimum absolute atomic E-state index is 0.0239. The normalized spacial score (nSPS) is 24.4. The van der Waals surface area contributed by atoms with E-state index in [0.717, 1.165) is 6.42 Å². The van der Waals surface area contributed by atoms with Gasteiger partial charge >= 0.3 is 5.97 Å². The van der Waals surface area contributed by atoms with Gasteiger partial charge in [0.25, 0.3) is 0 Å². The minimum Gasteiger partial charge on any atom is -0.477 e. The minimum atomic E-state index is -1.03. The molecule has 0 spiro atoms. The van der Waals surface area contributed by atoms with Crippen LogP contribution >= 0.6 is 0 Å². The molecular weight excluding hydrogens is 182 g/mol. The van der Waals surface area contributed by atoms with Gasteiger partial charge < -0.3 is 10.4 Å². The number of carboxylic acids is 1. The molecule has 74 valence electrons. The Labute approximate surface area is 81.2 Å². The summed E-state index contributed by atoms with van der Waals surface area (Å²) >= 11 is 0. The number of nitrogens with one attached hydrogen (secondary N) is 1. The Kier molecular flexibility index (Phi) is 2.07. The highest BCUT2D eigenvalue weighted by molar-refractivity contribution is 5.86. The number of carbonyl (C=O) groups is 1. The lowest BCUT2D eigenvalue weighted by molar-refractivity contribution is 0.0690. The summed E-state index contributed by atoms with van der Waals surface area (Å²) in [4.78, 5) is 18.2. The maximum Gasteiger partial charge on any atom is 0.354 e. The van der Waals surface area contributed by atoms with Gasteiger partial charge in [-0.2, -0.15) is 0 Å². The van der Waals surface area contributed by atoms with E-state index < -0.39 is 5.97 Å². The molecule has 0 radical (unpaired) electrons. The third-order valence-corrected chi connectivity index (χ3v) is 2.33. The lowest BCUT2D eigenvalue weighted by atomic mass is 10.4. The lowest BCUT2D eigenvalue weighted by Crippen LogP contribution is -2.08.